The molecule has 0 atom stereocenters. The molecule has 1 amide bonds. The number of rotatable bonds is 11. The van der Waals surface area contributed by atoms with Gasteiger partial charge < -0.3 is 20.3 Å². The zero-order valence-corrected chi connectivity index (χ0v) is 19.6. The van der Waals surface area contributed by atoms with Crippen LogP contribution in [0.25, 0.3) is 0 Å². The summed E-state index contributed by atoms with van der Waals surface area (Å²) < 4.78 is 4.99. The fourth-order valence-electron chi connectivity index (χ4n) is 3.74. The lowest BCUT2D eigenvalue weighted by atomic mass is 10.1. The maximum atomic E-state index is 12.5. The van der Waals surface area contributed by atoms with Crippen molar-refractivity contribution in [1.29, 1.82) is 0 Å². The Balaban J connectivity index is 1.90. The van der Waals surface area contributed by atoms with E-state index in [1.165, 1.54) is 16.8 Å². The first-order valence-electron chi connectivity index (χ1n) is 10.9. The highest BCUT2D eigenvalue weighted by Gasteiger charge is 2.19. The maximum absolute atomic E-state index is 12.5. The lowest BCUT2D eigenvalue weighted by Crippen LogP contribution is -2.47. The predicted molar refractivity (Wildman–Crippen MR) is 127 cm³/mol. The Hall–Kier alpha value is -2.97. The predicted octanol–water partition coefficient (Wildman–Crippen LogP) is 2.71. The van der Waals surface area contributed by atoms with E-state index in [9.17, 15) is 9.59 Å². The van der Waals surface area contributed by atoms with Crippen molar-refractivity contribution in [3.8, 4) is 5.75 Å². The number of anilines is 1. The number of piperazine rings is 1. The van der Waals surface area contributed by atoms with E-state index in [0.717, 1.165) is 32.6 Å². The molecular weight excluding hydrogens is 406 g/mol. The van der Waals surface area contributed by atoms with Gasteiger partial charge in [0.15, 0.2) is 5.75 Å². The summed E-state index contributed by atoms with van der Waals surface area (Å²) in [6.45, 7) is 14.8. The Kier molecular flexibility index (Phi) is 10.1. The van der Waals surface area contributed by atoms with Crippen LogP contribution in [-0.2, 0) is 16.1 Å². The number of nitrogens with one attached hydrogen (secondary N) is 2. The molecule has 32 heavy (non-hydrogen) atoms. The fourth-order valence-corrected chi connectivity index (χ4v) is 3.74. The van der Waals surface area contributed by atoms with Gasteiger partial charge in [0, 0.05) is 44.5 Å². The largest absolute Gasteiger partial charge is 0.427 e. The van der Waals surface area contributed by atoms with Gasteiger partial charge in [0.2, 0.25) is 5.91 Å². The summed E-state index contributed by atoms with van der Waals surface area (Å²) in [7, 11) is 1.78. The lowest BCUT2D eigenvalue weighted by Gasteiger charge is -2.36. The molecule has 0 radical (unpaired) electrons. The zero-order valence-electron chi connectivity index (χ0n) is 19.6. The molecule has 1 saturated heterocycles. The number of hydrogen-bond donors (Lipinski definition) is 2. The first-order chi connectivity index (χ1) is 15.4. The molecular formula is C24H35N5O3. The van der Waals surface area contributed by atoms with Gasteiger partial charge >= 0.3 is 0 Å². The molecule has 174 valence electrons. The fraction of sp³-hybridized carbons (Fsp3) is 0.458. The molecule has 0 spiro atoms. The Morgan fingerprint density at radius 2 is 2.00 bits per heavy atom. The molecule has 0 aromatic carbocycles. The summed E-state index contributed by atoms with van der Waals surface area (Å²) in [6, 6.07) is 1.61. The Labute approximate surface area is 191 Å². The minimum absolute atomic E-state index is 0.122. The molecule has 1 aromatic heterocycles. The smallest absolute Gasteiger partial charge is 0.298 e. The van der Waals surface area contributed by atoms with Gasteiger partial charge in [-0.25, -0.2) is 0 Å². The van der Waals surface area contributed by atoms with Gasteiger partial charge in [0.25, 0.3) is 6.47 Å². The Morgan fingerprint density at radius 3 is 2.59 bits per heavy atom. The first kappa shape index (κ1) is 25.3. The Morgan fingerprint density at radius 1 is 1.28 bits per heavy atom. The maximum Gasteiger partial charge on any atom is 0.298 e. The van der Waals surface area contributed by atoms with Crippen LogP contribution in [0, 0.1) is 0 Å². The van der Waals surface area contributed by atoms with E-state index >= 15 is 0 Å². The molecule has 0 unspecified atom stereocenters. The number of aromatic nitrogens is 1. The third-order valence-electron chi connectivity index (χ3n) is 5.53. The van der Waals surface area contributed by atoms with Crippen LogP contribution < -0.4 is 15.4 Å². The van der Waals surface area contributed by atoms with Crippen molar-refractivity contribution in [3.63, 3.8) is 0 Å². The van der Waals surface area contributed by atoms with Crippen LogP contribution in [0.4, 0.5) is 5.69 Å². The van der Waals surface area contributed by atoms with Gasteiger partial charge in [-0.1, -0.05) is 19.6 Å². The van der Waals surface area contributed by atoms with E-state index in [2.05, 4.69) is 58.8 Å². The summed E-state index contributed by atoms with van der Waals surface area (Å²) in [4.78, 5) is 32.0. The number of allylic oxidation sites excluding steroid dienone is 5. The normalized spacial score (nSPS) is 15.8. The van der Waals surface area contributed by atoms with Crippen molar-refractivity contribution < 1.29 is 14.3 Å². The molecule has 0 bridgehead atoms. The average molecular weight is 442 g/mol. The number of carbonyl (C=O) groups is 2. The second-order valence-electron chi connectivity index (χ2n) is 7.78. The summed E-state index contributed by atoms with van der Waals surface area (Å²) in [5.74, 6) is 0.207. The summed E-state index contributed by atoms with van der Waals surface area (Å²) in [5, 5.41) is 5.81. The molecule has 1 aliphatic heterocycles. The third kappa shape index (κ3) is 7.32. The van der Waals surface area contributed by atoms with E-state index in [0.29, 0.717) is 36.7 Å². The lowest BCUT2D eigenvalue weighted by molar-refractivity contribution is -0.120. The van der Waals surface area contributed by atoms with Crippen molar-refractivity contribution in [2.24, 2.45) is 0 Å². The number of amides is 1. The third-order valence-corrected chi connectivity index (χ3v) is 5.53. The molecule has 2 heterocycles. The van der Waals surface area contributed by atoms with Crippen LogP contribution in [0.2, 0.25) is 0 Å². The van der Waals surface area contributed by atoms with Gasteiger partial charge in [-0.05, 0) is 44.5 Å². The van der Waals surface area contributed by atoms with Crippen molar-refractivity contribution in [2.45, 2.75) is 33.7 Å². The van der Waals surface area contributed by atoms with Gasteiger partial charge in [-0.3, -0.25) is 19.5 Å². The molecule has 1 aliphatic rings. The van der Waals surface area contributed by atoms with E-state index in [-0.39, 0.29) is 5.91 Å². The van der Waals surface area contributed by atoms with Crippen LogP contribution in [0.1, 0.15) is 32.9 Å². The SMILES string of the molecule is C=C/C(CC)=C(C)\C=C(/C)N1CCN(CC(=O)Nc2cnc(CNC)c(OC=O)c2)CC1. The number of nitrogens with zero attached hydrogens (tertiary/aromatic N) is 3. The van der Waals surface area contributed by atoms with E-state index in [1.807, 2.05) is 6.08 Å². The van der Waals surface area contributed by atoms with E-state index in [4.69, 9.17) is 4.74 Å². The summed E-state index contributed by atoms with van der Waals surface area (Å²) >= 11 is 0. The highest BCUT2D eigenvalue weighted by atomic mass is 16.5. The molecule has 1 aromatic rings. The van der Waals surface area contributed by atoms with Crippen LogP contribution >= 0.6 is 0 Å². The monoisotopic (exact) mass is 441 g/mol. The highest BCUT2D eigenvalue weighted by Crippen LogP contribution is 2.21. The van der Waals surface area contributed by atoms with Crippen molar-refractivity contribution in [1.82, 2.24) is 20.1 Å². The second kappa shape index (κ2) is 12.8. The van der Waals surface area contributed by atoms with Gasteiger partial charge in [0.1, 0.15) is 0 Å². The zero-order chi connectivity index (χ0) is 23.5. The van der Waals surface area contributed by atoms with Crippen LogP contribution in [0.15, 0.2) is 47.8 Å². The quantitative estimate of drug-likeness (QED) is 0.403. The minimum Gasteiger partial charge on any atom is -0.427 e. The van der Waals surface area contributed by atoms with Gasteiger partial charge in [-0.2, -0.15) is 0 Å². The highest BCUT2D eigenvalue weighted by molar-refractivity contribution is 5.92. The van der Waals surface area contributed by atoms with Crippen LogP contribution in [0.3, 0.4) is 0 Å². The molecule has 8 heteroatoms. The second-order valence-corrected chi connectivity index (χ2v) is 7.78. The van der Waals surface area contributed by atoms with Crippen molar-refractivity contribution in [2.75, 3.05) is 45.1 Å². The first-order valence-corrected chi connectivity index (χ1v) is 10.9. The van der Waals surface area contributed by atoms with Gasteiger partial charge in [-0.15, -0.1) is 0 Å². The molecule has 1 fully saturated rings. The summed E-state index contributed by atoms with van der Waals surface area (Å²) in [6.07, 6.45) is 6.68. The molecule has 0 aliphatic carbocycles. The average Bonchev–Trinajstić information content (AvgIpc) is 2.77. The molecule has 2 N–H and O–H groups in total. The number of ether oxygens (including phenoxy) is 1. The standard InChI is InChI=1S/C24H35N5O3/c1-6-20(7-2)18(3)12-19(4)29-10-8-28(9-11-29)16-24(31)27-21-13-23(32-17-30)22(15-25-5)26-14-21/h6,12-14,17,25H,1,7-11,15-16H2,2-5H3,(H,27,31)/b19-12+,20-18+. The number of hydrogen-bond acceptors (Lipinski definition) is 7. The minimum atomic E-state index is -0.122. The van der Waals surface area contributed by atoms with Crippen LogP contribution in [-0.4, -0.2) is 66.9 Å². The molecule has 2 rings (SSSR count). The topological polar surface area (TPSA) is 86.8 Å². The van der Waals surface area contributed by atoms with Gasteiger partial charge in [0.05, 0.1) is 24.1 Å². The van der Waals surface area contributed by atoms with Crippen molar-refractivity contribution in [3.05, 3.63) is 53.5 Å². The summed E-state index contributed by atoms with van der Waals surface area (Å²) in [5.41, 5.74) is 4.83. The molecule has 8 nitrogen and oxygen atoms in total. The Bertz CT molecular complexity index is 870. The van der Waals surface area contributed by atoms with Crippen molar-refractivity contribution >= 4 is 18.1 Å². The number of carbonyl (C=O) groups excluding carboxylic acids is 2. The van der Waals surface area contributed by atoms with E-state index < -0.39 is 0 Å². The molecule has 0 saturated carbocycles. The number of pyridine rings is 1. The van der Waals surface area contributed by atoms with E-state index in [1.54, 1.807) is 19.3 Å². The van der Waals surface area contributed by atoms with Crippen LogP contribution in [0.5, 0.6) is 5.75 Å².